The molecule has 0 aromatic carbocycles. The van der Waals surface area contributed by atoms with Gasteiger partial charge in [-0.1, -0.05) is 6.07 Å². The molecule has 0 saturated carbocycles. The summed E-state index contributed by atoms with van der Waals surface area (Å²) >= 11 is 0. The Balaban J connectivity index is 2.44. The minimum absolute atomic E-state index is 0.274. The van der Waals surface area contributed by atoms with Crippen molar-refractivity contribution in [3.63, 3.8) is 0 Å². The van der Waals surface area contributed by atoms with Gasteiger partial charge in [-0.2, -0.15) is 0 Å². The molecule has 0 spiro atoms. The lowest BCUT2D eigenvalue weighted by Crippen LogP contribution is -2.20. The maximum absolute atomic E-state index is 13.7. The summed E-state index contributed by atoms with van der Waals surface area (Å²) in [6.45, 7) is 1.96. The molecule has 1 N–H and O–H groups in total. The first-order valence-electron chi connectivity index (χ1n) is 5.41. The van der Waals surface area contributed by atoms with E-state index in [2.05, 4.69) is 15.3 Å². The first kappa shape index (κ1) is 11.7. The van der Waals surface area contributed by atoms with Crippen LogP contribution in [-0.2, 0) is 0 Å². The highest BCUT2D eigenvalue weighted by Crippen LogP contribution is 2.21. The molecule has 4 heteroatoms. The number of nitrogens with one attached hydrogen (secondary N) is 1. The summed E-state index contributed by atoms with van der Waals surface area (Å²) in [6.07, 6.45) is 5.08. The van der Waals surface area contributed by atoms with Crippen LogP contribution in [-0.4, -0.2) is 17.0 Å². The highest BCUT2D eigenvalue weighted by atomic mass is 19.1. The standard InChI is InChI=1S/C13H14FN3/c1-9-6-10(8-16-7-9)12(15-2)13-11(14)4-3-5-17-13/h3-8,12,15H,1-2H3. The summed E-state index contributed by atoms with van der Waals surface area (Å²) in [4.78, 5) is 8.21. The zero-order valence-corrected chi connectivity index (χ0v) is 9.81. The van der Waals surface area contributed by atoms with Crippen LogP contribution in [0.4, 0.5) is 4.39 Å². The van der Waals surface area contributed by atoms with Gasteiger partial charge in [-0.05, 0) is 37.2 Å². The quantitative estimate of drug-likeness (QED) is 0.880. The third-order valence-electron chi connectivity index (χ3n) is 2.58. The zero-order chi connectivity index (χ0) is 12.3. The monoisotopic (exact) mass is 231 g/mol. The van der Waals surface area contributed by atoms with E-state index in [9.17, 15) is 4.39 Å². The summed E-state index contributed by atoms with van der Waals surface area (Å²) < 4.78 is 13.7. The van der Waals surface area contributed by atoms with E-state index < -0.39 is 0 Å². The second-order valence-corrected chi connectivity index (χ2v) is 3.89. The first-order chi connectivity index (χ1) is 8.22. The van der Waals surface area contributed by atoms with E-state index in [1.165, 1.54) is 6.07 Å². The molecule has 88 valence electrons. The lowest BCUT2D eigenvalue weighted by Gasteiger charge is -2.16. The maximum atomic E-state index is 13.7. The molecule has 0 bridgehead atoms. The van der Waals surface area contributed by atoms with Crippen molar-refractivity contribution in [1.82, 2.24) is 15.3 Å². The normalized spacial score (nSPS) is 12.4. The minimum Gasteiger partial charge on any atom is -0.308 e. The molecule has 0 amide bonds. The molecular formula is C13H14FN3. The summed E-state index contributed by atoms with van der Waals surface area (Å²) in [6, 6.07) is 4.70. The largest absolute Gasteiger partial charge is 0.308 e. The van der Waals surface area contributed by atoms with Gasteiger partial charge in [0, 0.05) is 18.6 Å². The molecule has 1 atom stereocenters. The molecule has 0 fully saturated rings. The number of aryl methyl sites for hydroxylation is 1. The van der Waals surface area contributed by atoms with Crippen molar-refractivity contribution < 1.29 is 4.39 Å². The Bertz CT molecular complexity index is 514. The predicted octanol–water partition coefficient (Wildman–Crippen LogP) is 2.23. The first-order valence-corrected chi connectivity index (χ1v) is 5.41. The lowest BCUT2D eigenvalue weighted by atomic mass is 10.0. The van der Waals surface area contributed by atoms with Crippen LogP contribution in [0.5, 0.6) is 0 Å². The van der Waals surface area contributed by atoms with Crippen molar-refractivity contribution in [3.05, 3.63) is 59.4 Å². The number of pyridine rings is 2. The Morgan fingerprint density at radius 2 is 2.18 bits per heavy atom. The third-order valence-corrected chi connectivity index (χ3v) is 2.58. The topological polar surface area (TPSA) is 37.8 Å². The van der Waals surface area contributed by atoms with Crippen LogP contribution < -0.4 is 5.32 Å². The SMILES string of the molecule is CNC(c1cncc(C)c1)c1ncccc1F. The van der Waals surface area contributed by atoms with Gasteiger partial charge in [0.15, 0.2) is 0 Å². The van der Waals surface area contributed by atoms with Crippen molar-refractivity contribution in [2.75, 3.05) is 7.05 Å². The van der Waals surface area contributed by atoms with E-state index in [4.69, 9.17) is 0 Å². The summed E-state index contributed by atoms with van der Waals surface area (Å²) in [5.41, 5.74) is 2.34. The van der Waals surface area contributed by atoms with Crippen LogP contribution in [0.2, 0.25) is 0 Å². The number of aromatic nitrogens is 2. The predicted molar refractivity (Wildman–Crippen MR) is 64.1 cm³/mol. The molecule has 2 heterocycles. The number of hydrogen-bond acceptors (Lipinski definition) is 3. The summed E-state index contributed by atoms with van der Waals surface area (Å²) in [5, 5.41) is 3.06. The molecular weight excluding hydrogens is 217 g/mol. The second-order valence-electron chi connectivity index (χ2n) is 3.89. The van der Waals surface area contributed by atoms with Crippen molar-refractivity contribution >= 4 is 0 Å². The molecule has 0 aliphatic carbocycles. The molecule has 2 aromatic heterocycles. The van der Waals surface area contributed by atoms with E-state index in [1.807, 2.05) is 13.0 Å². The van der Waals surface area contributed by atoms with Gasteiger partial charge in [0.05, 0.1) is 11.7 Å². The van der Waals surface area contributed by atoms with Crippen molar-refractivity contribution in [1.29, 1.82) is 0 Å². The number of rotatable bonds is 3. The van der Waals surface area contributed by atoms with Gasteiger partial charge in [-0.3, -0.25) is 9.97 Å². The van der Waals surface area contributed by atoms with Gasteiger partial charge in [0.1, 0.15) is 5.82 Å². The Morgan fingerprint density at radius 1 is 1.35 bits per heavy atom. The highest BCUT2D eigenvalue weighted by molar-refractivity contribution is 5.28. The van der Waals surface area contributed by atoms with E-state index in [0.29, 0.717) is 5.69 Å². The van der Waals surface area contributed by atoms with Crippen LogP contribution in [0.15, 0.2) is 36.8 Å². The molecule has 0 radical (unpaired) electrons. The van der Waals surface area contributed by atoms with Crippen molar-refractivity contribution in [2.24, 2.45) is 0 Å². The fourth-order valence-electron chi connectivity index (χ4n) is 1.81. The molecule has 17 heavy (non-hydrogen) atoms. The van der Waals surface area contributed by atoms with E-state index in [0.717, 1.165) is 11.1 Å². The minimum atomic E-state index is -0.312. The van der Waals surface area contributed by atoms with Gasteiger partial charge in [-0.15, -0.1) is 0 Å². The van der Waals surface area contributed by atoms with Crippen LogP contribution in [0.3, 0.4) is 0 Å². The van der Waals surface area contributed by atoms with Crippen LogP contribution >= 0.6 is 0 Å². The van der Waals surface area contributed by atoms with Crippen molar-refractivity contribution in [3.8, 4) is 0 Å². The fraction of sp³-hybridized carbons (Fsp3) is 0.231. The number of hydrogen-bond donors (Lipinski definition) is 1. The lowest BCUT2D eigenvalue weighted by molar-refractivity contribution is 0.559. The van der Waals surface area contributed by atoms with E-state index >= 15 is 0 Å². The average Bonchev–Trinajstić information content (AvgIpc) is 2.33. The van der Waals surface area contributed by atoms with Gasteiger partial charge in [0.2, 0.25) is 0 Å². The summed E-state index contributed by atoms with van der Waals surface area (Å²) in [5.74, 6) is -0.312. The van der Waals surface area contributed by atoms with Gasteiger partial charge < -0.3 is 5.32 Å². The van der Waals surface area contributed by atoms with E-state index in [1.54, 1.807) is 31.7 Å². The van der Waals surface area contributed by atoms with Crippen LogP contribution in [0.25, 0.3) is 0 Å². The van der Waals surface area contributed by atoms with Gasteiger partial charge >= 0.3 is 0 Å². The Hall–Kier alpha value is -1.81. The number of halogens is 1. The molecule has 0 saturated heterocycles. The smallest absolute Gasteiger partial charge is 0.146 e. The Morgan fingerprint density at radius 3 is 2.82 bits per heavy atom. The molecule has 2 rings (SSSR count). The molecule has 1 unspecified atom stereocenters. The Labute approximate surface area is 99.7 Å². The van der Waals surface area contributed by atoms with Gasteiger partial charge in [-0.25, -0.2) is 4.39 Å². The molecule has 2 aromatic rings. The highest BCUT2D eigenvalue weighted by Gasteiger charge is 2.17. The molecule has 0 aliphatic rings. The third kappa shape index (κ3) is 2.47. The number of nitrogens with zero attached hydrogens (tertiary/aromatic N) is 2. The van der Waals surface area contributed by atoms with Crippen molar-refractivity contribution in [2.45, 2.75) is 13.0 Å². The molecule has 3 nitrogen and oxygen atoms in total. The molecule has 0 aliphatic heterocycles. The summed E-state index contributed by atoms with van der Waals surface area (Å²) in [7, 11) is 1.78. The van der Waals surface area contributed by atoms with Crippen LogP contribution in [0.1, 0.15) is 22.9 Å². The second kappa shape index (κ2) is 5.01. The maximum Gasteiger partial charge on any atom is 0.146 e. The van der Waals surface area contributed by atoms with Crippen LogP contribution in [0, 0.1) is 12.7 Å². The zero-order valence-electron chi connectivity index (χ0n) is 9.81. The Kier molecular flexibility index (Phi) is 3.44. The average molecular weight is 231 g/mol. The fourth-order valence-corrected chi connectivity index (χ4v) is 1.81. The van der Waals surface area contributed by atoms with E-state index in [-0.39, 0.29) is 11.9 Å². The van der Waals surface area contributed by atoms with Gasteiger partial charge in [0.25, 0.3) is 0 Å².